The van der Waals surface area contributed by atoms with Gasteiger partial charge in [0.05, 0.1) is 31.5 Å². The second-order valence-electron chi connectivity index (χ2n) is 9.20. The Morgan fingerprint density at radius 1 is 1.05 bits per heavy atom. The summed E-state index contributed by atoms with van der Waals surface area (Å²) in [6, 6.07) is 19.6. The van der Waals surface area contributed by atoms with Crippen LogP contribution >= 0.6 is 28.1 Å². The van der Waals surface area contributed by atoms with Crippen LogP contribution in [-0.2, 0) is 20.9 Å². The van der Waals surface area contributed by atoms with Gasteiger partial charge in [-0.3, -0.25) is 4.79 Å². The molecule has 4 rings (SSSR count). The monoisotopic (exact) mass is 666 g/mol. The highest BCUT2D eigenvalue weighted by atomic mass is 79.9. The largest absolute Gasteiger partial charge is 0.493 e. The number of nitrogens with zero attached hydrogens (tertiary/aromatic N) is 1. The van der Waals surface area contributed by atoms with Gasteiger partial charge in [-0.05, 0) is 62.0 Å². The summed E-state index contributed by atoms with van der Waals surface area (Å²) in [7, 11) is 1.55. The molecule has 12 heteroatoms. The molecule has 3 aromatic carbocycles. The van der Waals surface area contributed by atoms with Gasteiger partial charge >= 0.3 is 5.97 Å². The molecule has 0 saturated heterocycles. The smallest absolute Gasteiger partial charge is 0.338 e. The van der Waals surface area contributed by atoms with Gasteiger partial charge in [-0.1, -0.05) is 52.3 Å². The fraction of sp³-hybridized carbons (Fsp3) is 0.226. The van der Waals surface area contributed by atoms with Gasteiger partial charge < -0.3 is 29.6 Å². The van der Waals surface area contributed by atoms with E-state index in [-0.39, 0.29) is 13.2 Å². The lowest BCUT2D eigenvalue weighted by molar-refractivity contribution is -0.139. The Morgan fingerprint density at radius 3 is 2.53 bits per heavy atom. The standard InChI is InChI=1S/C31H31BrN4O6S/c1-4-40-30(38)27-19(2)34-31(43)35-28(27)23-9-5-6-10-24(23)41-18-26(37)36-33-16-21-8-7-11-25(39-3)29(21)42-17-20-12-14-22(32)15-13-20/h5-16,28H,4,17-18H2,1-3H3,(H,36,37)(H2,34,35,43)/t28-/m0/s1. The number of benzene rings is 3. The number of thiocarbonyl (C=S) groups is 1. The van der Waals surface area contributed by atoms with E-state index in [1.165, 1.54) is 6.21 Å². The van der Waals surface area contributed by atoms with Gasteiger partial charge in [0, 0.05) is 21.3 Å². The minimum atomic E-state index is -0.631. The second-order valence-corrected chi connectivity index (χ2v) is 10.5. The molecule has 3 aromatic rings. The van der Waals surface area contributed by atoms with Crippen molar-refractivity contribution >= 4 is 51.4 Å². The van der Waals surface area contributed by atoms with E-state index in [2.05, 4.69) is 37.1 Å². The number of rotatable bonds is 12. The average Bonchev–Trinajstić information content (AvgIpc) is 2.99. The molecule has 1 aliphatic rings. The molecule has 0 fully saturated rings. The van der Waals surface area contributed by atoms with E-state index in [0.717, 1.165) is 10.0 Å². The molecule has 0 bridgehead atoms. The molecular formula is C31H31BrN4O6S. The van der Waals surface area contributed by atoms with Crippen LogP contribution in [0.15, 0.2) is 87.6 Å². The Balaban J connectivity index is 1.43. The van der Waals surface area contributed by atoms with E-state index in [1.54, 1.807) is 57.4 Å². The summed E-state index contributed by atoms with van der Waals surface area (Å²) in [5, 5.41) is 10.5. The number of ether oxygens (including phenoxy) is 4. The van der Waals surface area contributed by atoms with E-state index in [4.69, 9.17) is 31.2 Å². The van der Waals surface area contributed by atoms with Crippen LogP contribution in [0.25, 0.3) is 0 Å². The molecule has 0 aromatic heterocycles. The van der Waals surface area contributed by atoms with Gasteiger partial charge in [-0.2, -0.15) is 5.10 Å². The number of hydrazone groups is 1. The first-order valence-electron chi connectivity index (χ1n) is 13.3. The lowest BCUT2D eigenvalue weighted by atomic mass is 9.95. The molecule has 0 radical (unpaired) electrons. The summed E-state index contributed by atoms with van der Waals surface area (Å²) < 4.78 is 23.6. The first kappa shape index (κ1) is 31.5. The lowest BCUT2D eigenvalue weighted by Crippen LogP contribution is -2.45. The summed E-state index contributed by atoms with van der Waals surface area (Å²) in [6.07, 6.45) is 1.48. The molecule has 1 heterocycles. The molecule has 3 N–H and O–H groups in total. The van der Waals surface area contributed by atoms with Crippen molar-refractivity contribution < 1.29 is 28.5 Å². The molecule has 0 spiro atoms. The number of carbonyl (C=O) groups excluding carboxylic acids is 2. The maximum Gasteiger partial charge on any atom is 0.338 e. The van der Waals surface area contributed by atoms with E-state index in [1.807, 2.05) is 30.3 Å². The highest BCUT2D eigenvalue weighted by Crippen LogP contribution is 2.34. The molecule has 1 amide bonds. The number of carbonyl (C=O) groups is 2. The van der Waals surface area contributed by atoms with Crippen LogP contribution in [0, 0.1) is 0 Å². The zero-order valence-corrected chi connectivity index (χ0v) is 26.2. The van der Waals surface area contributed by atoms with Crippen LogP contribution in [0.1, 0.15) is 36.6 Å². The molecule has 43 heavy (non-hydrogen) atoms. The third-order valence-corrected chi connectivity index (χ3v) is 7.02. The number of para-hydroxylation sites is 2. The maximum absolute atomic E-state index is 12.8. The quantitative estimate of drug-likeness (QED) is 0.107. The van der Waals surface area contributed by atoms with Crippen molar-refractivity contribution in [3.05, 3.63) is 99.2 Å². The van der Waals surface area contributed by atoms with Crippen LogP contribution < -0.4 is 30.3 Å². The molecule has 224 valence electrons. The summed E-state index contributed by atoms with van der Waals surface area (Å²) in [6.45, 7) is 3.70. The molecule has 10 nitrogen and oxygen atoms in total. The lowest BCUT2D eigenvalue weighted by Gasteiger charge is -2.30. The first-order chi connectivity index (χ1) is 20.8. The summed E-state index contributed by atoms with van der Waals surface area (Å²) in [5.74, 6) is 0.452. The Kier molecular flexibility index (Phi) is 11.1. The highest BCUT2D eigenvalue weighted by molar-refractivity contribution is 9.10. The minimum Gasteiger partial charge on any atom is -0.493 e. The fourth-order valence-electron chi connectivity index (χ4n) is 4.29. The normalized spacial score (nSPS) is 14.5. The Bertz CT molecular complexity index is 1540. The third-order valence-electron chi connectivity index (χ3n) is 6.27. The summed E-state index contributed by atoms with van der Waals surface area (Å²) >= 11 is 8.75. The first-order valence-corrected chi connectivity index (χ1v) is 14.5. The average molecular weight is 668 g/mol. The van der Waals surface area contributed by atoms with Crippen molar-refractivity contribution in [1.29, 1.82) is 0 Å². The molecule has 0 saturated carbocycles. The van der Waals surface area contributed by atoms with Crippen LogP contribution in [0.5, 0.6) is 17.2 Å². The molecular weight excluding hydrogens is 636 g/mol. The van der Waals surface area contributed by atoms with Crippen molar-refractivity contribution in [3.8, 4) is 17.2 Å². The van der Waals surface area contributed by atoms with Crippen molar-refractivity contribution in [2.24, 2.45) is 5.10 Å². The van der Waals surface area contributed by atoms with E-state index in [9.17, 15) is 9.59 Å². The SMILES string of the molecule is CCOC(=O)C1=C(C)NC(=S)N[C@H]1c1ccccc1OCC(=O)NN=Cc1cccc(OC)c1OCc1ccc(Br)cc1. The van der Waals surface area contributed by atoms with E-state index < -0.39 is 17.9 Å². The number of nitrogens with one attached hydrogen (secondary N) is 3. The summed E-state index contributed by atoms with van der Waals surface area (Å²) in [5.41, 5.74) is 5.64. The van der Waals surface area contributed by atoms with Gasteiger partial charge in [0.15, 0.2) is 23.2 Å². The van der Waals surface area contributed by atoms with Crippen molar-refractivity contribution in [2.75, 3.05) is 20.3 Å². The predicted molar refractivity (Wildman–Crippen MR) is 170 cm³/mol. The van der Waals surface area contributed by atoms with Crippen molar-refractivity contribution in [2.45, 2.75) is 26.5 Å². The fourth-order valence-corrected chi connectivity index (χ4v) is 4.83. The topological polar surface area (TPSA) is 120 Å². The number of amides is 1. The molecule has 1 atom stereocenters. The Labute approximate surface area is 263 Å². The van der Waals surface area contributed by atoms with Gasteiger partial charge in [0.25, 0.3) is 5.91 Å². The molecule has 0 aliphatic carbocycles. The highest BCUT2D eigenvalue weighted by Gasteiger charge is 2.32. The van der Waals surface area contributed by atoms with Crippen LogP contribution in [0.2, 0.25) is 0 Å². The second kappa shape index (κ2) is 15.2. The van der Waals surface area contributed by atoms with Gasteiger partial charge in [0.1, 0.15) is 12.4 Å². The maximum atomic E-state index is 12.8. The minimum absolute atomic E-state index is 0.222. The predicted octanol–water partition coefficient (Wildman–Crippen LogP) is 4.92. The van der Waals surface area contributed by atoms with Gasteiger partial charge in [-0.25, -0.2) is 10.2 Å². The Hall–Kier alpha value is -4.42. The number of methoxy groups -OCH3 is 1. The number of hydrogen-bond acceptors (Lipinski definition) is 8. The van der Waals surface area contributed by atoms with Gasteiger partial charge in [-0.15, -0.1) is 0 Å². The van der Waals surface area contributed by atoms with Crippen LogP contribution in [-0.4, -0.2) is 43.5 Å². The number of allylic oxidation sites excluding steroid dienone is 1. The molecule has 0 unspecified atom stereocenters. The number of esters is 1. The van der Waals surface area contributed by atoms with E-state index >= 15 is 0 Å². The number of halogens is 1. The van der Waals surface area contributed by atoms with Crippen molar-refractivity contribution in [1.82, 2.24) is 16.1 Å². The van der Waals surface area contributed by atoms with Crippen LogP contribution in [0.3, 0.4) is 0 Å². The van der Waals surface area contributed by atoms with E-state index in [0.29, 0.717) is 51.4 Å². The third kappa shape index (κ3) is 8.33. The van der Waals surface area contributed by atoms with Crippen molar-refractivity contribution in [3.63, 3.8) is 0 Å². The zero-order chi connectivity index (χ0) is 30.8. The van der Waals surface area contributed by atoms with Gasteiger partial charge in [0.2, 0.25) is 0 Å². The van der Waals surface area contributed by atoms with Crippen LogP contribution in [0.4, 0.5) is 0 Å². The number of hydrogen-bond donors (Lipinski definition) is 3. The Morgan fingerprint density at radius 2 is 1.79 bits per heavy atom. The zero-order valence-electron chi connectivity index (χ0n) is 23.8. The molecule has 1 aliphatic heterocycles. The summed E-state index contributed by atoms with van der Waals surface area (Å²) in [4.78, 5) is 25.4.